The molecule has 0 bridgehead atoms. The Morgan fingerprint density at radius 1 is 1.17 bits per heavy atom. The Hall–Kier alpha value is -3.55. The van der Waals surface area contributed by atoms with Crippen molar-refractivity contribution in [1.82, 2.24) is 9.88 Å². The second-order valence-corrected chi connectivity index (χ2v) is 6.56. The molecule has 0 fully saturated rings. The van der Waals surface area contributed by atoms with E-state index in [1.807, 2.05) is 0 Å². The van der Waals surface area contributed by atoms with Crippen molar-refractivity contribution in [2.24, 2.45) is 5.73 Å². The molecule has 1 aromatic heterocycles. The number of oxazole rings is 1. The first-order valence-corrected chi connectivity index (χ1v) is 8.86. The number of nitrogens with zero attached hydrogens (tertiary/aromatic N) is 2. The second kappa shape index (κ2) is 8.64. The van der Waals surface area contributed by atoms with Crippen LogP contribution in [0.3, 0.4) is 0 Å². The lowest BCUT2D eigenvalue weighted by atomic mass is 10.1. The number of amides is 2. The number of carbonyl (C=O) groups excluding carboxylic acids is 2. The molecule has 0 spiro atoms. The molecule has 0 aliphatic carbocycles. The standard InChI is InChI=1S/C21H19F2N3O3/c1-26(12-13-3-2-4-14(9-13)21(24)28)20(27)8-7-19-25-11-18(29-19)16-6-5-15(22)10-17(16)23/h2-6,9-11H,7-8,12H2,1H3,(H2,24,28). The number of halogens is 2. The zero-order chi connectivity index (χ0) is 21.0. The Morgan fingerprint density at radius 2 is 1.97 bits per heavy atom. The quantitative estimate of drug-likeness (QED) is 0.660. The molecule has 29 heavy (non-hydrogen) atoms. The van der Waals surface area contributed by atoms with E-state index < -0.39 is 17.5 Å². The average molecular weight is 399 g/mol. The highest BCUT2D eigenvalue weighted by atomic mass is 19.1. The largest absolute Gasteiger partial charge is 0.441 e. The van der Waals surface area contributed by atoms with Crippen molar-refractivity contribution in [1.29, 1.82) is 0 Å². The summed E-state index contributed by atoms with van der Waals surface area (Å²) in [6.45, 7) is 0.317. The number of aryl methyl sites for hydroxylation is 1. The van der Waals surface area contributed by atoms with Crippen LogP contribution in [0.5, 0.6) is 0 Å². The summed E-state index contributed by atoms with van der Waals surface area (Å²) in [5, 5.41) is 0. The van der Waals surface area contributed by atoms with Gasteiger partial charge in [0.25, 0.3) is 0 Å². The van der Waals surface area contributed by atoms with Gasteiger partial charge >= 0.3 is 0 Å². The third kappa shape index (κ3) is 5.04. The van der Waals surface area contributed by atoms with Gasteiger partial charge in [0.15, 0.2) is 11.7 Å². The minimum atomic E-state index is -0.748. The summed E-state index contributed by atoms with van der Waals surface area (Å²) in [4.78, 5) is 29.2. The minimum absolute atomic E-state index is 0.0999. The molecule has 2 aromatic carbocycles. The van der Waals surface area contributed by atoms with Crippen LogP contribution >= 0.6 is 0 Å². The number of hydrogen-bond acceptors (Lipinski definition) is 4. The van der Waals surface area contributed by atoms with Gasteiger partial charge in [-0.3, -0.25) is 9.59 Å². The van der Waals surface area contributed by atoms with Crippen LogP contribution < -0.4 is 5.73 Å². The molecule has 6 nitrogen and oxygen atoms in total. The molecule has 8 heteroatoms. The van der Waals surface area contributed by atoms with Crippen LogP contribution in [0, 0.1) is 11.6 Å². The first-order valence-electron chi connectivity index (χ1n) is 8.86. The van der Waals surface area contributed by atoms with Gasteiger partial charge in [-0.05, 0) is 29.8 Å². The highest BCUT2D eigenvalue weighted by Crippen LogP contribution is 2.24. The zero-order valence-electron chi connectivity index (χ0n) is 15.7. The molecule has 3 aromatic rings. The van der Waals surface area contributed by atoms with Crippen LogP contribution in [0.25, 0.3) is 11.3 Å². The third-order valence-corrected chi connectivity index (χ3v) is 4.36. The van der Waals surface area contributed by atoms with E-state index in [4.69, 9.17) is 10.2 Å². The molecule has 0 aliphatic heterocycles. The molecular formula is C21H19F2N3O3. The summed E-state index contributed by atoms with van der Waals surface area (Å²) < 4.78 is 32.3. The van der Waals surface area contributed by atoms with Gasteiger partial charge in [-0.1, -0.05) is 12.1 Å². The number of aromatic nitrogens is 1. The van der Waals surface area contributed by atoms with Gasteiger partial charge in [0.2, 0.25) is 11.8 Å². The van der Waals surface area contributed by atoms with Gasteiger partial charge in [-0.2, -0.15) is 0 Å². The Morgan fingerprint density at radius 3 is 2.69 bits per heavy atom. The van der Waals surface area contributed by atoms with Gasteiger partial charge in [-0.25, -0.2) is 13.8 Å². The van der Waals surface area contributed by atoms with Crippen molar-refractivity contribution in [2.75, 3.05) is 7.05 Å². The van der Waals surface area contributed by atoms with Gasteiger partial charge in [0.1, 0.15) is 11.6 Å². The number of rotatable bonds is 7. The topological polar surface area (TPSA) is 89.4 Å². The number of hydrogen-bond donors (Lipinski definition) is 1. The molecule has 3 rings (SSSR count). The maximum absolute atomic E-state index is 13.8. The SMILES string of the molecule is CN(Cc1cccc(C(N)=O)c1)C(=O)CCc1ncc(-c2ccc(F)cc2F)o1. The molecule has 2 amide bonds. The van der Waals surface area contributed by atoms with E-state index >= 15 is 0 Å². The first-order chi connectivity index (χ1) is 13.8. The van der Waals surface area contributed by atoms with E-state index in [9.17, 15) is 18.4 Å². The summed E-state index contributed by atoms with van der Waals surface area (Å²) in [5.74, 6) is -1.66. The zero-order valence-corrected chi connectivity index (χ0v) is 15.7. The number of nitrogens with two attached hydrogens (primary N) is 1. The second-order valence-electron chi connectivity index (χ2n) is 6.56. The molecule has 2 N–H and O–H groups in total. The van der Waals surface area contributed by atoms with E-state index in [2.05, 4.69) is 4.98 Å². The lowest BCUT2D eigenvalue weighted by molar-refractivity contribution is -0.130. The number of benzene rings is 2. The fourth-order valence-electron chi connectivity index (χ4n) is 2.83. The number of carbonyl (C=O) groups is 2. The van der Waals surface area contributed by atoms with Crippen molar-refractivity contribution in [2.45, 2.75) is 19.4 Å². The monoisotopic (exact) mass is 399 g/mol. The van der Waals surface area contributed by atoms with Crippen LogP contribution in [-0.2, 0) is 17.8 Å². The van der Waals surface area contributed by atoms with E-state index in [0.717, 1.165) is 17.7 Å². The van der Waals surface area contributed by atoms with Crippen LogP contribution in [0.4, 0.5) is 8.78 Å². The summed E-state index contributed by atoms with van der Waals surface area (Å²) in [6, 6.07) is 9.93. The van der Waals surface area contributed by atoms with Crippen molar-refractivity contribution < 1.29 is 22.8 Å². The summed E-state index contributed by atoms with van der Waals surface area (Å²) in [6.07, 6.45) is 1.71. The lowest BCUT2D eigenvalue weighted by Crippen LogP contribution is -2.26. The Balaban J connectivity index is 1.58. The van der Waals surface area contributed by atoms with E-state index in [1.165, 1.54) is 17.2 Å². The molecule has 1 heterocycles. The molecule has 150 valence electrons. The summed E-state index contributed by atoms with van der Waals surface area (Å²) in [7, 11) is 1.65. The fraction of sp³-hybridized carbons (Fsp3) is 0.190. The molecular weight excluding hydrogens is 380 g/mol. The maximum atomic E-state index is 13.8. The molecule has 0 saturated carbocycles. The predicted octanol–water partition coefficient (Wildman–Crippen LogP) is 3.31. The van der Waals surface area contributed by atoms with Crippen LogP contribution in [0.1, 0.15) is 28.2 Å². The Bertz CT molecular complexity index is 1050. The van der Waals surface area contributed by atoms with Crippen molar-refractivity contribution in [3.8, 4) is 11.3 Å². The van der Waals surface area contributed by atoms with Crippen molar-refractivity contribution >= 4 is 11.8 Å². The predicted molar refractivity (Wildman–Crippen MR) is 102 cm³/mol. The smallest absolute Gasteiger partial charge is 0.248 e. The highest BCUT2D eigenvalue weighted by molar-refractivity contribution is 5.92. The van der Waals surface area contributed by atoms with E-state index in [0.29, 0.717) is 12.1 Å². The molecule has 0 radical (unpaired) electrons. The normalized spacial score (nSPS) is 10.7. The summed E-state index contributed by atoms with van der Waals surface area (Å²) >= 11 is 0. The van der Waals surface area contributed by atoms with Crippen LogP contribution in [0.2, 0.25) is 0 Å². The van der Waals surface area contributed by atoms with Crippen LogP contribution in [0.15, 0.2) is 53.1 Å². The molecule has 0 aliphatic rings. The van der Waals surface area contributed by atoms with E-state index in [-0.39, 0.29) is 36.0 Å². The van der Waals surface area contributed by atoms with Gasteiger partial charge in [-0.15, -0.1) is 0 Å². The molecule has 0 atom stereocenters. The average Bonchev–Trinajstić information content (AvgIpc) is 3.15. The van der Waals surface area contributed by atoms with Crippen molar-refractivity contribution in [3.05, 3.63) is 77.3 Å². The fourth-order valence-corrected chi connectivity index (χ4v) is 2.83. The first kappa shape index (κ1) is 20.2. The summed E-state index contributed by atoms with van der Waals surface area (Å²) in [5.41, 5.74) is 6.53. The van der Waals surface area contributed by atoms with Gasteiger partial charge in [0, 0.05) is 38.1 Å². The Kier molecular flexibility index (Phi) is 6.01. The lowest BCUT2D eigenvalue weighted by Gasteiger charge is -2.17. The Labute approximate surface area is 166 Å². The van der Waals surface area contributed by atoms with Crippen LogP contribution in [-0.4, -0.2) is 28.7 Å². The maximum Gasteiger partial charge on any atom is 0.248 e. The third-order valence-electron chi connectivity index (χ3n) is 4.36. The van der Waals surface area contributed by atoms with Gasteiger partial charge in [0.05, 0.1) is 11.8 Å². The van der Waals surface area contributed by atoms with E-state index in [1.54, 1.807) is 31.3 Å². The molecule has 0 saturated heterocycles. The molecule has 0 unspecified atom stereocenters. The van der Waals surface area contributed by atoms with Gasteiger partial charge < -0.3 is 15.1 Å². The number of primary amides is 1. The minimum Gasteiger partial charge on any atom is -0.441 e. The van der Waals surface area contributed by atoms with Crippen molar-refractivity contribution in [3.63, 3.8) is 0 Å². The highest BCUT2D eigenvalue weighted by Gasteiger charge is 2.15.